The fourth-order valence-electron chi connectivity index (χ4n) is 5.70. The minimum atomic E-state index is -0.707. The Morgan fingerprint density at radius 2 is 1.33 bits per heavy atom. The van der Waals surface area contributed by atoms with E-state index in [1.165, 1.54) is 70.2 Å². The first-order chi connectivity index (χ1) is 17.7. The molecule has 0 aromatic heterocycles. The zero-order valence-corrected chi connectivity index (χ0v) is 22.9. The Balaban J connectivity index is 1.57. The molecule has 1 heterocycles. The number of hydrogen-bond donors (Lipinski definition) is 0. The van der Waals surface area contributed by atoms with Gasteiger partial charge in [-0.15, -0.1) is 0 Å². The minimum Gasteiger partial charge on any atom is -0.422 e. The Morgan fingerprint density at radius 3 is 2.00 bits per heavy atom. The van der Waals surface area contributed by atoms with E-state index in [1.807, 2.05) is 6.08 Å². The van der Waals surface area contributed by atoms with Gasteiger partial charge < -0.3 is 4.43 Å². The van der Waals surface area contributed by atoms with E-state index in [4.69, 9.17) is 4.43 Å². The van der Waals surface area contributed by atoms with Crippen molar-refractivity contribution >= 4 is 97.4 Å². The highest BCUT2D eigenvalue weighted by Crippen LogP contribution is 2.34. The summed E-state index contributed by atoms with van der Waals surface area (Å²) in [5, 5.41) is 14.6. The smallest absolute Gasteiger partial charge is 0.203 e. The summed E-state index contributed by atoms with van der Waals surface area (Å²) in [6.45, 7) is 9.23. The fraction of sp³-hybridized carbons (Fsp3) is 0.0625. The molecule has 36 heavy (non-hydrogen) atoms. The van der Waals surface area contributed by atoms with Crippen LogP contribution < -0.4 is 5.19 Å². The van der Waals surface area contributed by atoms with Crippen molar-refractivity contribution in [1.29, 1.82) is 0 Å². The Bertz CT molecular complexity index is 1870. The molecular weight excluding hydrogens is 485 g/mol. The van der Waals surface area contributed by atoms with Gasteiger partial charge in [0.1, 0.15) is 0 Å². The van der Waals surface area contributed by atoms with E-state index in [9.17, 15) is 0 Å². The van der Waals surface area contributed by atoms with Gasteiger partial charge in [0.05, 0.1) is 16.9 Å². The monoisotopic (exact) mass is 507 g/mol. The molecule has 0 spiro atoms. The number of benzene rings is 6. The molecular formula is C32H23OSi3. The lowest BCUT2D eigenvalue weighted by Gasteiger charge is -2.24. The van der Waals surface area contributed by atoms with E-state index in [0.29, 0.717) is 9.28 Å². The first kappa shape index (κ1) is 22.0. The van der Waals surface area contributed by atoms with Gasteiger partial charge >= 0.3 is 0 Å². The summed E-state index contributed by atoms with van der Waals surface area (Å²) in [7, 11) is 0.818. The van der Waals surface area contributed by atoms with Gasteiger partial charge in [-0.05, 0) is 119 Å². The topological polar surface area (TPSA) is 9.23 Å². The molecule has 0 unspecified atom stereocenters. The van der Waals surface area contributed by atoms with Crippen molar-refractivity contribution in [2.45, 2.75) is 6.04 Å². The zero-order chi connectivity index (χ0) is 24.2. The Hall–Kier alpha value is -3.29. The second-order valence-electron chi connectivity index (χ2n) is 9.45. The first-order valence-corrected chi connectivity index (χ1v) is 17.9. The lowest BCUT2D eigenvalue weighted by molar-refractivity contribution is 0.367. The van der Waals surface area contributed by atoms with Gasteiger partial charge in [-0.2, -0.15) is 0 Å². The summed E-state index contributed by atoms with van der Waals surface area (Å²) in [5.41, 5.74) is 2.48. The molecule has 0 amide bonds. The highest BCUT2D eigenvalue weighted by atomic mass is 29.5. The molecule has 0 aliphatic carbocycles. The summed E-state index contributed by atoms with van der Waals surface area (Å²) in [6, 6.07) is 30.9. The molecule has 1 nitrogen and oxygen atoms in total. The highest BCUT2D eigenvalue weighted by molar-refractivity contribution is 7.39. The van der Waals surface area contributed by atoms with Crippen LogP contribution in [0.3, 0.4) is 0 Å². The molecule has 5 radical (unpaired) electrons. The molecule has 0 saturated carbocycles. The molecule has 1 saturated heterocycles. The van der Waals surface area contributed by atoms with Crippen molar-refractivity contribution in [2.75, 3.05) is 6.61 Å². The molecule has 169 valence electrons. The fourth-order valence-corrected chi connectivity index (χ4v) is 15.0. The average Bonchev–Trinajstić information content (AvgIpc) is 2.93. The second kappa shape index (κ2) is 8.68. The summed E-state index contributed by atoms with van der Waals surface area (Å²) in [4.78, 5) is 0. The molecule has 0 N–H and O–H groups in total. The largest absolute Gasteiger partial charge is 0.422 e. The lowest BCUT2D eigenvalue weighted by atomic mass is 9.93. The quantitative estimate of drug-likeness (QED) is 0.140. The number of rotatable bonds is 3. The molecule has 4 heteroatoms. The minimum absolute atomic E-state index is 0.633. The molecule has 0 bridgehead atoms. The summed E-state index contributed by atoms with van der Waals surface area (Å²) < 4.78 is 5.78. The second-order valence-corrected chi connectivity index (χ2v) is 17.6. The first-order valence-electron chi connectivity index (χ1n) is 12.3. The maximum absolute atomic E-state index is 5.78. The Kier molecular flexibility index (Phi) is 5.29. The van der Waals surface area contributed by atoms with Crippen molar-refractivity contribution in [3.05, 3.63) is 103 Å². The van der Waals surface area contributed by atoms with E-state index < -0.39 is 8.31 Å². The molecule has 1 aliphatic rings. The summed E-state index contributed by atoms with van der Waals surface area (Å²) >= 11 is 0. The SMILES string of the molecule is C=Cc1cc2cc3ccc4cc5cc6ccccc6cc5cc4c3cc2c([Si]2CCO[Si][Si]2)c1C=C. The third-order valence-electron chi connectivity index (χ3n) is 7.44. The normalized spacial score (nSPS) is 14.8. The van der Waals surface area contributed by atoms with Gasteiger partial charge in [0.15, 0.2) is 0 Å². The van der Waals surface area contributed by atoms with Crippen LogP contribution in [0.1, 0.15) is 11.1 Å². The van der Waals surface area contributed by atoms with E-state index in [-0.39, 0.29) is 0 Å². The molecule has 6 aromatic carbocycles. The van der Waals surface area contributed by atoms with Crippen molar-refractivity contribution in [3.8, 4) is 0 Å². The van der Waals surface area contributed by atoms with Crippen LogP contribution in [-0.4, -0.2) is 32.8 Å². The van der Waals surface area contributed by atoms with Gasteiger partial charge in [-0.1, -0.05) is 61.7 Å². The van der Waals surface area contributed by atoms with Gasteiger partial charge in [0.2, 0.25) is 9.28 Å². The molecule has 1 aliphatic heterocycles. The molecule has 6 aromatic rings. The lowest BCUT2D eigenvalue weighted by Crippen LogP contribution is -2.46. The van der Waals surface area contributed by atoms with E-state index >= 15 is 0 Å². The van der Waals surface area contributed by atoms with E-state index in [0.717, 1.165) is 21.2 Å². The number of fused-ring (bicyclic) bond motifs is 6. The Labute approximate surface area is 217 Å². The molecule has 0 atom stereocenters. The van der Waals surface area contributed by atoms with Gasteiger partial charge in [0.25, 0.3) is 0 Å². The van der Waals surface area contributed by atoms with Crippen LogP contribution in [0.5, 0.6) is 0 Å². The van der Waals surface area contributed by atoms with E-state index in [1.54, 1.807) is 0 Å². The van der Waals surface area contributed by atoms with Crippen molar-refractivity contribution in [1.82, 2.24) is 0 Å². The predicted octanol–water partition coefficient (Wildman–Crippen LogP) is 7.21. The summed E-state index contributed by atoms with van der Waals surface area (Å²) in [5.74, 6) is 0. The van der Waals surface area contributed by atoms with Crippen LogP contribution in [-0.2, 0) is 4.43 Å². The van der Waals surface area contributed by atoms with E-state index in [2.05, 4.69) is 98.1 Å². The van der Waals surface area contributed by atoms with Crippen LogP contribution in [0.15, 0.2) is 92.0 Å². The van der Waals surface area contributed by atoms with Crippen LogP contribution in [0.4, 0.5) is 0 Å². The third kappa shape index (κ3) is 3.44. The highest BCUT2D eigenvalue weighted by Gasteiger charge is 2.25. The molecule has 1 fully saturated rings. The maximum Gasteiger partial charge on any atom is 0.203 e. The van der Waals surface area contributed by atoms with Crippen LogP contribution in [0, 0.1) is 0 Å². The van der Waals surface area contributed by atoms with Crippen LogP contribution in [0.25, 0.3) is 66.0 Å². The standard InChI is InChI=1S/C32H23OSi3/c1-3-20-13-27-17-24-10-9-23-16-25-14-21-7-5-6-8-22(21)15-26(25)18-29(23)30(24)19-31(27)32(28(20)4-2)36-12-11-33-34-35-36/h3-10,13-19H,1-2,11-12H2. The molecule has 7 rings (SSSR count). The van der Waals surface area contributed by atoms with Crippen LogP contribution >= 0.6 is 0 Å². The van der Waals surface area contributed by atoms with Gasteiger partial charge in [0, 0.05) is 6.61 Å². The average molecular weight is 508 g/mol. The van der Waals surface area contributed by atoms with Crippen molar-refractivity contribution < 1.29 is 4.43 Å². The predicted molar refractivity (Wildman–Crippen MR) is 162 cm³/mol. The van der Waals surface area contributed by atoms with Gasteiger partial charge in [-0.25, -0.2) is 0 Å². The third-order valence-corrected chi connectivity index (χ3v) is 16.8. The van der Waals surface area contributed by atoms with Gasteiger partial charge in [-0.3, -0.25) is 0 Å². The van der Waals surface area contributed by atoms with Crippen LogP contribution in [0.2, 0.25) is 6.04 Å². The number of hydrogen-bond acceptors (Lipinski definition) is 1. The van der Waals surface area contributed by atoms with Crippen molar-refractivity contribution in [3.63, 3.8) is 0 Å². The summed E-state index contributed by atoms with van der Waals surface area (Å²) in [6.07, 6.45) is 4.05. The Morgan fingerprint density at radius 1 is 0.667 bits per heavy atom. The maximum atomic E-state index is 5.78. The van der Waals surface area contributed by atoms with Crippen molar-refractivity contribution in [2.24, 2.45) is 0 Å². The zero-order valence-electron chi connectivity index (χ0n) is 19.9.